The van der Waals surface area contributed by atoms with Crippen LogP contribution in [0.25, 0.3) is 0 Å². The molecule has 1 aliphatic carbocycles. The molecule has 2 heterocycles. The van der Waals surface area contributed by atoms with Crippen molar-refractivity contribution in [3.05, 3.63) is 37.0 Å². The van der Waals surface area contributed by atoms with Gasteiger partial charge in [-0.2, -0.15) is 0 Å². The molecule has 0 saturated heterocycles. The molecule has 0 fully saturated rings. The lowest BCUT2D eigenvalue weighted by Crippen LogP contribution is -2.25. The number of aryl methyl sites for hydroxylation is 3. The Kier molecular flexibility index (Phi) is 4.40. The maximum atomic E-state index is 12.1. The van der Waals surface area contributed by atoms with Crippen molar-refractivity contribution in [2.24, 2.45) is 0 Å². The van der Waals surface area contributed by atoms with Crippen LogP contribution in [-0.2, 0) is 30.6 Å². The Labute approximate surface area is 133 Å². The van der Waals surface area contributed by atoms with Crippen LogP contribution in [0.15, 0.2) is 5.38 Å². The van der Waals surface area contributed by atoms with Crippen molar-refractivity contribution in [1.29, 1.82) is 0 Å². The van der Waals surface area contributed by atoms with E-state index in [1.165, 1.54) is 41.7 Å². The molecule has 2 aromatic heterocycles. The predicted octanol–water partition coefficient (Wildman–Crippen LogP) is 3.56. The zero-order valence-corrected chi connectivity index (χ0v) is 14.1. The summed E-state index contributed by atoms with van der Waals surface area (Å²) in [6.45, 7) is 4.67. The van der Waals surface area contributed by atoms with Crippen LogP contribution < -0.4 is 5.32 Å². The molecule has 0 bridgehead atoms. The first kappa shape index (κ1) is 14.7. The minimum atomic E-state index is 0.0687. The van der Waals surface area contributed by atoms with Gasteiger partial charge in [0, 0.05) is 16.3 Å². The van der Waals surface area contributed by atoms with E-state index in [0.717, 1.165) is 15.6 Å². The molecule has 0 radical (unpaired) electrons. The molecule has 5 heteroatoms. The largest absolute Gasteiger partial charge is 0.352 e. The second-order valence-corrected chi connectivity index (χ2v) is 7.93. The molecule has 1 N–H and O–H groups in total. The lowest BCUT2D eigenvalue weighted by molar-refractivity contribution is -0.120. The maximum Gasteiger partial charge on any atom is 0.226 e. The van der Waals surface area contributed by atoms with E-state index >= 15 is 0 Å². The molecule has 0 unspecified atom stereocenters. The molecule has 112 valence electrons. The summed E-state index contributed by atoms with van der Waals surface area (Å²) in [5.41, 5.74) is 3.73. The molecule has 1 aliphatic rings. The zero-order chi connectivity index (χ0) is 14.8. The summed E-state index contributed by atoms with van der Waals surface area (Å²) in [4.78, 5) is 19.2. The molecule has 0 atom stereocenters. The first-order valence-electron chi connectivity index (χ1n) is 7.41. The number of amides is 1. The highest BCUT2D eigenvalue weighted by Crippen LogP contribution is 2.30. The normalized spacial score (nSPS) is 14.0. The van der Waals surface area contributed by atoms with Gasteiger partial charge in [-0.1, -0.05) is 0 Å². The van der Waals surface area contributed by atoms with E-state index < -0.39 is 0 Å². The van der Waals surface area contributed by atoms with Gasteiger partial charge in [-0.05, 0) is 56.0 Å². The number of fused-ring (bicyclic) bond motifs is 1. The second kappa shape index (κ2) is 6.28. The Morgan fingerprint density at radius 2 is 2.14 bits per heavy atom. The number of carbonyl (C=O) groups is 1. The lowest BCUT2D eigenvalue weighted by atomic mass is 9.96. The lowest BCUT2D eigenvalue weighted by Gasteiger charge is -2.13. The van der Waals surface area contributed by atoms with Gasteiger partial charge in [0.15, 0.2) is 0 Å². The molecular formula is C16H20N2OS2. The molecule has 3 nitrogen and oxygen atoms in total. The molecule has 0 saturated carbocycles. The van der Waals surface area contributed by atoms with E-state index in [0.29, 0.717) is 13.0 Å². The fraction of sp³-hybridized carbons (Fsp3) is 0.500. The quantitative estimate of drug-likeness (QED) is 0.936. The predicted molar refractivity (Wildman–Crippen MR) is 88.1 cm³/mol. The molecule has 0 aromatic carbocycles. The third-order valence-electron chi connectivity index (χ3n) is 3.95. The second-order valence-electron chi connectivity index (χ2n) is 5.56. The molecular weight excluding hydrogens is 300 g/mol. The summed E-state index contributed by atoms with van der Waals surface area (Å²) in [5, 5.41) is 6.30. The SMILES string of the molecule is Cc1nc(CC(=O)NCc2csc3c2CCCC3)c(C)s1. The van der Waals surface area contributed by atoms with Gasteiger partial charge in [-0.3, -0.25) is 4.79 Å². The fourth-order valence-electron chi connectivity index (χ4n) is 2.85. The van der Waals surface area contributed by atoms with Crippen molar-refractivity contribution >= 4 is 28.6 Å². The van der Waals surface area contributed by atoms with Gasteiger partial charge in [0.1, 0.15) is 0 Å². The Morgan fingerprint density at radius 1 is 1.33 bits per heavy atom. The van der Waals surface area contributed by atoms with Crippen molar-refractivity contribution < 1.29 is 4.79 Å². The van der Waals surface area contributed by atoms with E-state index in [4.69, 9.17) is 0 Å². The molecule has 21 heavy (non-hydrogen) atoms. The minimum absolute atomic E-state index is 0.0687. The number of nitrogens with one attached hydrogen (secondary N) is 1. The summed E-state index contributed by atoms with van der Waals surface area (Å²) in [7, 11) is 0. The van der Waals surface area contributed by atoms with Gasteiger partial charge in [-0.25, -0.2) is 4.98 Å². The van der Waals surface area contributed by atoms with Gasteiger partial charge < -0.3 is 5.32 Å². The van der Waals surface area contributed by atoms with Gasteiger partial charge in [0.2, 0.25) is 5.91 Å². The average molecular weight is 320 g/mol. The highest BCUT2D eigenvalue weighted by atomic mass is 32.1. The van der Waals surface area contributed by atoms with Crippen LogP contribution in [0, 0.1) is 13.8 Å². The number of nitrogens with zero attached hydrogens (tertiary/aromatic N) is 1. The standard InChI is InChI=1S/C16H20N2OS2/c1-10-14(18-11(2)21-10)7-16(19)17-8-12-9-20-15-6-4-3-5-13(12)15/h9H,3-8H2,1-2H3,(H,17,19). The van der Waals surface area contributed by atoms with E-state index in [9.17, 15) is 4.79 Å². The first-order chi connectivity index (χ1) is 10.1. The Balaban J connectivity index is 1.59. The van der Waals surface area contributed by atoms with Crippen LogP contribution in [0.4, 0.5) is 0 Å². The van der Waals surface area contributed by atoms with E-state index in [2.05, 4.69) is 15.7 Å². The minimum Gasteiger partial charge on any atom is -0.352 e. The molecule has 1 amide bonds. The number of hydrogen-bond donors (Lipinski definition) is 1. The van der Waals surface area contributed by atoms with Crippen molar-refractivity contribution in [3.8, 4) is 0 Å². The number of rotatable bonds is 4. The highest BCUT2D eigenvalue weighted by Gasteiger charge is 2.16. The highest BCUT2D eigenvalue weighted by molar-refractivity contribution is 7.11. The van der Waals surface area contributed by atoms with Crippen molar-refractivity contribution in [1.82, 2.24) is 10.3 Å². The van der Waals surface area contributed by atoms with E-state index in [1.807, 2.05) is 25.2 Å². The zero-order valence-electron chi connectivity index (χ0n) is 12.5. The summed E-state index contributed by atoms with van der Waals surface area (Å²) < 4.78 is 0. The Morgan fingerprint density at radius 3 is 2.90 bits per heavy atom. The summed E-state index contributed by atoms with van der Waals surface area (Å²) in [6, 6.07) is 0. The third-order valence-corrected chi connectivity index (χ3v) is 6.02. The average Bonchev–Trinajstić information content (AvgIpc) is 3.00. The number of carbonyl (C=O) groups excluding carboxylic acids is 1. The van der Waals surface area contributed by atoms with E-state index in [1.54, 1.807) is 11.3 Å². The summed E-state index contributed by atoms with van der Waals surface area (Å²) >= 11 is 3.51. The third kappa shape index (κ3) is 3.35. The fourth-order valence-corrected chi connectivity index (χ4v) is 4.84. The van der Waals surface area contributed by atoms with Crippen molar-refractivity contribution in [2.75, 3.05) is 0 Å². The van der Waals surface area contributed by atoms with Crippen LogP contribution >= 0.6 is 22.7 Å². The van der Waals surface area contributed by atoms with Crippen molar-refractivity contribution in [3.63, 3.8) is 0 Å². The maximum absolute atomic E-state index is 12.1. The Bertz CT molecular complexity index is 657. The first-order valence-corrected chi connectivity index (χ1v) is 9.11. The van der Waals surface area contributed by atoms with Gasteiger partial charge in [0.05, 0.1) is 17.1 Å². The number of thiophene rings is 1. The van der Waals surface area contributed by atoms with E-state index in [-0.39, 0.29) is 5.91 Å². The molecule has 0 aliphatic heterocycles. The number of aromatic nitrogens is 1. The van der Waals surface area contributed by atoms with Crippen LogP contribution in [0.3, 0.4) is 0 Å². The van der Waals surface area contributed by atoms with Crippen LogP contribution in [-0.4, -0.2) is 10.9 Å². The summed E-state index contributed by atoms with van der Waals surface area (Å²) in [6.07, 6.45) is 5.37. The Hall–Kier alpha value is -1.20. The number of thiazole rings is 1. The smallest absolute Gasteiger partial charge is 0.226 e. The van der Waals surface area contributed by atoms with Gasteiger partial charge in [0.25, 0.3) is 0 Å². The number of hydrogen-bond acceptors (Lipinski definition) is 4. The van der Waals surface area contributed by atoms with Gasteiger partial charge in [-0.15, -0.1) is 22.7 Å². The molecule has 0 spiro atoms. The molecule has 3 rings (SSSR count). The topological polar surface area (TPSA) is 42.0 Å². The van der Waals surface area contributed by atoms with Gasteiger partial charge >= 0.3 is 0 Å². The monoisotopic (exact) mass is 320 g/mol. The summed E-state index contributed by atoms with van der Waals surface area (Å²) in [5.74, 6) is 0.0687. The van der Waals surface area contributed by atoms with Crippen LogP contribution in [0.1, 0.15) is 44.4 Å². The molecule has 2 aromatic rings. The van der Waals surface area contributed by atoms with Crippen LogP contribution in [0.5, 0.6) is 0 Å². The van der Waals surface area contributed by atoms with Crippen LogP contribution in [0.2, 0.25) is 0 Å². The van der Waals surface area contributed by atoms with Crippen molar-refractivity contribution in [2.45, 2.75) is 52.5 Å².